The number of hydrogen-bond donors (Lipinski definition) is 2. The number of rotatable bonds is 8. The Kier molecular flexibility index (Phi) is 8.02. The van der Waals surface area contributed by atoms with E-state index in [1.807, 2.05) is 97.1 Å². The predicted octanol–water partition coefficient (Wildman–Crippen LogP) is 11.5. The van der Waals surface area contributed by atoms with Crippen molar-refractivity contribution in [3.05, 3.63) is 193 Å². The minimum atomic E-state index is 0.436. The summed E-state index contributed by atoms with van der Waals surface area (Å²) in [5.41, 5.74) is 10.8. The van der Waals surface area contributed by atoms with Crippen LogP contribution in [0.2, 0.25) is 0 Å². The van der Waals surface area contributed by atoms with E-state index in [9.17, 15) is 5.41 Å². The number of nitrogens with zero attached hydrogens (tertiary/aromatic N) is 2. The van der Waals surface area contributed by atoms with Crippen LogP contribution < -0.4 is 5.32 Å². The van der Waals surface area contributed by atoms with Gasteiger partial charge in [-0.3, -0.25) is 5.41 Å². The van der Waals surface area contributed by atoms with Gasteiger partial charge in [-0.2, -0.15) is 0 Å². The summed E-state index contributed by atoms with van der Waals surface area (Å²) in [5.74, 6) is 0.657. The molecule has 8 rings (SSSR count). The third-order valence-electron chi connectivity index (χ3n) is 8.72. The van der Waals surface area contributed by atoms with Crippen molar-refractivity contribution < 1.29 is 0 Å². The maximum Gasteiger partial charge on any atom is 0.160 e. The maximum absolute atomic E-state index is 9.59. The van der Waals surface area contributed by atoms with Crippen molar-refractivity contribution in [1.82, 2.24) is 9.97 Å². The molecule has 0 spiro atoms. The molecule has 0 bridgehead atoms. The van der Waals surface area contributed by atoms with E-state index in [2.05, 4.69) is 90.2 Å². The van der Waals surface area contributed by atoms with E-state index in [-0.39, 0.29) is 0 Å². The second-order valence-corrected chi connectivity index (χ2v) is 11.9. The van der Waals surface area contributed by atoms with E-state index in [0.29, 0.717) is 11.5 Å². The Hall–Kier alpha value is -6.65. The van der Waals surface area contributed by atoms with E-state index in [4.69, 9.17) is 9.97 Å². The standard InChI is InChI=1S/C45H32N4/c46-44(43-39-22-11-10-15-33(39)27-28-40(43)47-38-20-8-3-9-21-38)37-19-12-18-36(29-37)42-30-41(48-45(49-42)35-16-6-2-7-17-35)34-25-23-32(24-26-34)31-13-4-1-5-14-31/h1-30,46-47H. The second-order valence-electron chi connectivity index (χ2n) is 11.9. The summed E-state index contributed by atoms with van der Waals surface area (Å²) in [7, 11) is 0. The van der Waals surface area contributed by atoms with Crippen molar-refractivity contribution in [2.45, 2.75) is 0 Å². The molecule has 0 saturated heterocycles. The van der Waals surface area contributed by atoms with Crippen molar-refractivity contribution in [3.63, 3.8) is 0 Å². The highest BCUT2D eigenvalue weighted by Crippen LogP contribution is 2.33. The van der Waals surface area contributed by atoms with Gasteiger partial charge in [-0.05, 0) is 52.2 Å². The van der Waals surface area contributed by atoms with Gasteiger partial charge in [0.15, 0.2) is 5.82 Å². The fraction of sp³-hybridized carbons (Fsp3) is 0. The first-order valence-corrected chi connectivity index (χ1v) is 16.3. The minimum Gasteiger partial charge on any atom is -0.355 e. The van der Waals surface area contributed by atoms with Gasteiger partial charge < -0.3 is 5.32 Å². The average molecular weight is 629 g/mol. The third-order valence-corrected chi connectivity index (χ3v) is 8.72. The summed E-state index contributed by atoms with van der Waals surface area (Å²) in [5, 5.41) is 15.3. The Morgan fingerprint density at radius 1 is 0.449 bits per heavy atom. The van der Waals surface area contributed by atoms with E-state index < -0.39 is 0 Å². The lowest BCUT2D eigenvalue weighted by Gasteiger charge is -2.17. The van der Waals surface area contributed by atoms with Gasteiger partial charge in [0, 0.05) is 39.2 Å². The van der Waals surface area contributed by atoms with Gasteiger partial charge in [0.05, 0.1) is 17.1 Å². The molecule has 232 valence electrons. The summed E-state index contributed by atoms with van der Waals surface area (Å²) in [6, 6.07) is 61.7. The number of anilines is 2. The van der Waals surface area contributed by atoms with Crippen LogP contribution in [0.3, 0.4) is 0 Å². The lowest BCUT2D eigenvalue weighted by atomic mass is 9.93. The molecule has 2 N–H and O–H groups in total. The summed E-state index contributed by atoms with van der Waals surface area (Å²) < 4.78 is 0. The van der Waals surface area contributed by atoms with E-state index in [0.717, 1.165) is 66.9 Å². The van der Waals surface area contributed by atoms with Gasteiger partial charge in [0.1, 0.15) is 0 Å². The van der Waals surface area contributed by atoms with Crippen molar-refractivity contribution in [2.24, 2.45) is 0 Å². The summed E-state index contributed by atoms with van der Waals surface area (Å²) in [6.07, 6.45) is 0. The number of para-hydroxylation sites is 1. The van der Waals surface area contributed by atoms with Gasteiger partial charge in [0.25, 0.3) is 0 Å². The van der Waals surface area contributed by atoms with Gasteiger partial charge in [-0.15, -0.1) is 0 Å². The molecule has 1 heterocycles. The first kappa shape index (κ1) is 29.7. The van der Waals surface area contributed by atoms with Crippen molar-refractivity contribution in [3.8, 4) is 45.0 Å². The number of benzene rings is 7. The molecular formula is C45H32N4. The molecule has 0 aliphatic rings. The van der Waals surface area contributed by atoms with Crippen molar-refractivity contribution in [2.75, 3.05) is 5.32 Å². The largest absolute Gasteiger partial charge is 0.355 e. The number of hydrogen-bond acceptors (Lipinski definition) is 4. The Morgan fingerprint density at radius 3 is 1.76 bits per heavy atom. The molecular weight excluding hydrogens is 597 g/mol. The monoisotopic (exact) mass is 628 g/mol. The lowest BCUT2D eigenvalue weighted by Crippen LogP contribution is -2.07. The van der Waals surface area contributed by atoms with Gasteiger partial charge >= 0.3 is 0 Å². The van der Waals surface area contributed by atoms with Crippen LogP contribution in [0.5, 0.6) is 0 Å². The van der Waals surface area contributed by atoms with E-state index in [1.165, 1.54) is 5.56 Å². The van der Waals surface area contributed by atoms with E-state index >= 15 is 0 Å². The number of aromatic nitrogens is 2. The van der Waals surface area contributed by atoms with Crippen LogP contribution in [0.25, 0.3) is 55.8 Å². The first-order chi connectivity index (χ1) is 24.2. The predicted molar refractivity (Wildman–Crippen MR) is 203 cm³/mol. The molecule has 4 heteroatoms. The third kappa shape index (κ3) is 6.23. The van der Waals surface area contributed by atoms with Crippen LogP contribution in [0.4, 0.5) is 11.4 Å². The molecule has 0 aliphatic heterocycles. The van der Waals surface area contributed by atoms with Crippen LogP contribution in [-0.4, -0.2) is 15.7 Å². The zero-order chi connectivity index (χ0) is 33.0. The molecule has 1 aromatic heterocycles. The van der Waals surface area contributed by atoms with Gasteiger partial charge in [-0.1, -0.05) is 152 Å². The smallest absolute Gasteiger partial charge is 0.160 e. The molecule has 7 aromatic carbocycles. The van der Waals surface area contributed by atoms with Gasteiger partial charge in [0.2, 0.25) is 0 Å². The Balaban J connectivity index is 1.21. The SMILES string of the molecule is N=C(c1cccc(-c2cc(-c3ccc(-c4ccccc4)cc3)nc(-c3ccccc3)n2)c1)c1c(Nc2ccccc2)ccc2ccccc12. The van der Waals surface area contributed by atoms with Crippen LogP contribution in [-0.2, 0) is 0 Å². The molecule has 8 aromatic rings. The lowest BCUT2D eigenvalue weighted by molar-refractivity contribution is 1.18. The minimum absolute atomic E-state index is 0.436. The molecule has 0 unspecified atom stereocenters. The van der Waals surface area contributed by atoms with Crippen LogP contribution in [0.1, 0.15) is 11.1 Å². The normalized spacial score (nSPS) is 10.9. The molecule has 4 nitrogen and oxygen atoms in total. The Morgan fingerprint density at radius 2 is 1.02 bits per heavy atom. The Labute approximate surface area is 285 Å². The molecule has 0 aliphatic carbocycles. The Bertz CT molecular complexity index is 2400. The zero-order valence-corrected chi connectivity index (χ0v) is 26.7. The summed E-state index contributed by atoms with van der Waals surface area (Å²) >= 11 is 0. The quantitative estimate of drug-likeness (QED) is 0.165. The van der Waals surface area contributed by atoms with Crippen LogP contribution in [0.15, 0.2) is 182 Å². The first-order valence-electron chi connectivity index (χ1n) is 16.3. The highest BCUT2D eigenvalue weighted by atomic mass is 14.9. The topological polar surface area (TPSA) is 61.7 Å². The molecule has 0 atom stereocenters. The van der Waals surface area contributed by atoms with Crippen LogP contribution >= 0.6 is 0 Å². The molecule has 0 saturated carbocycles. The molecule has 49 heavy (non-hydrogen) atoms. The molecule has 0 radical (unpaired) electrons. The van der Waals surface area contributed by atoms with Crippen molar-refractivity contribution in [1.29, 1.82) is 5.41 Å². The fourth-order valence-corrected chi connectivity index (χ4v) is 6.22. The zero-order valence-electron chi connectivity index (χ0n) is 26.7. The molecule has 0 fully saturated rings. The second kappa shape index (κ2) is 13.2. The summed E-state index contributed by atoms with van der Waals surface area (Å²) in [4.78, 5) is 10.1. The molecule has 0 amide bonds. The van der Waals surface area contributed by atoms with E-state index in [1.54, 1.807) is 0 Å². The number of fused-ring (bicyclic) bond motifs is 1. The summed E-state index contributed by atoms with van der Waals surface area (Å²) in [6.45, 7) is 0. The van der Waals surface area contributed by atoms with Gasteiger partial charge in [-0.25, -0.2) is 9.97 Å². The van der Waals surface area contributed by atoms with Crippen molar-refractivity contribution >= 4 is 27.9 Å². The average Bonchev–Trinajstić information content (AvgIpc) is 3.18. The van der Waals surface area contributed by atoms with Crippen LogP contribution in [0, 0.1) is 5.41 Å². The maximum atomic E-state index is 9.59. The highest BCUT2D eigenvalue weighted by molar-refractivity contribution is 6.21. The number of nitrogens with one attached hydrogen (secondary N) is 2. The fourth-order valence-electron chi connectivity index (χ4n) is 6.22. The highest BCUT2D eigenvalue weighted by Gasteiger charge is 2.17.